The minimum atomic E-state index is -1.12. The van der Waals surface area contributed by atoms with Gasteiger partial charge in [0.25, 0.3) is 0 Å². The molecule has 0 bridgehead atoms. The lowest BCUT2D eigenvalue weighted by Crippen LogP contribution is -2.41. The average Bonchev–Trinajstić information content (AvgIpc) is 3.01. The number of carbonyl (C=O) groups is 1. The van der Waals surface area contributed by atoms with Crippen molar-refractivity contribution in [3.8, 4) is 11.1 Å². The molecule has 1 amide bonds. The Kier molecular flexibility index (Phi) is 4.68. The fraction of sp³-hybridized carbons (Fsp3) is 0.350. The van der Waals surface area contributed by atoms with Gasteiger partial charge >= 0.3 is 0 Å². The van der Waals surface area contributed by atoms with E-state index >= 15 is 0 Å². The molecule has 1 fully saturated rings. The standard InChI is InChI=1S/C20H21NO3S/c22-19(21-10-12-24-13-11-21)9-14-25(23)20-17-7-3-1-5-15(17)16-6-2-4-8-18(16)20/h1-8,20H,9-14H2. The molecule has 2 aliphatic rings. The van der Waals surface area contributed by atoms with Gasteiger partial charge in [-0.1, -0.05) is 48.5 Å². The fourth-order valence-electron chi connectivity index (χ4n) is 3.67. The molecule has 4 nitrogen and oxygen atoms in total. The molecule has 0 saturated carbocycles. The second-order valence-electron chi connectivity index (χ2n) is 6.38. The number of nitrogens with zero attached hydrogens (tertiary/aromatic N) is 1. The van der Waals surface area contributed by atoms with Gasteiger partial charge in [-0.05, 0) is 22.3 Å². The lowest BCUT2D eigenvalue weighted by atomic mass is 10.1. The van der Waals surface area contributed by atoms with E-state index in [0.29, 0.717) is 38.5 Å². The van der Waals surface area contributed by atoms with Crippen LogP contribution in [0.15, 0.2) is 48.5 Å². The predicted molar refractivity (Wildman–Crippen MR) is 98.7 cm³/mol. The topological polar surface area (TPSA) is 46.6 Å². The Bertz CT molecular complexity index is 769. The van der Waals surface area contributed by atoms with Crippen molar-refractivity contribution in [1.82, 2.24) is 4.90 Å². The highest BCUT2D eigenvalue weighted by molar-refractivity contribution is 7.85. The van der Waals surface area contributed by atoms with Crippen molar-refractivity contribution in [2.45, 2.75) is 11.7 Å². The monoisotopic (exact) mass is 355 g/mol. The molecule has 0 radical (unpaired) electrons. The summed E-state index contributed by atoms with van der Waals surface area (Å²) in [7, 11) is -1.12. The van der Waals surface area contributed by atoms with Crippen molar-refractivity contribution in [1.29, 1.82) is 0 Å². The third-order valence-electron chi connectivity index (χ3n) is 4.92. The van der Waals surface area contributed by atoms with Crippen LogP contribution in [0.2, 0.25) is 0 Å². The van der Waals surface area contributed by atoms with Gasteiger partial charge in [-0.3, -0.25) is 9.00 Å². The zero-order valence-electron chi connectivity index (χ0n) is 14.0. The number of fused-ring (bicyclic) bond motifs is 3. The van der Waals surface area contributed by atoms with Crippen molar-refractivity contribution in [3.05, 3.63) is 59.7 Å². The van der Waals surface area contributed by atoms with Crippen molar-refractivity contribution in [2.75, 3.05) is 32.1 Å². The molecule has 1 atom stereocenters. The summed E-state index contributed by atoms with van der Waals surface area (Å²) in [5.41, 5.74) is 4.55. The zero-order chi connectivity index (χ0) is 17.2. The second-order valence-corrected chi connectivity index (χ2v) is 8.02. The van der Waals surface area contributed by atoms with Crippen LogP contribution in [0.5, 0.6) is 0 Å². The molecule has 1 unspecified atom stereocenters. The summed E-state index contributed by atoms with van der Waals surface area (Å²) in [6, 6.07) is 16.3. The molecule has 4 rings (SSSR count). The van der Waals surface area contributed by atoms with Crippen molar-refractivity contribution >= 4 is 16.7 Å². The number of hydrogen-bond acceptors (Lipinski definition) is 3. The summed E-state index contributed by atoms with van der Waals surface area (Å²) < 4.78 is 18.4. The van der Waals surface area contributed by atoms with Crippen LogP contribution in [-0.4, -0.2) is 47.1 Å². The van der Waals surface area contributed by atoms with Gasteiger partial charge in [-0.25, -0.2) is 0 Å². The van der Waals surface area contributed by atoms with Gasteiger partial charge in [0.15, 0.2) is 0 Å². The number of ether oxygens (including phenoxy) is 1. The first-order valence-electron chi connectivity index (χ1n) is 8.66. The largest absolute Gasteiger partial charge is 0.378 e. The van der Waals surface area contributed by atoms with Crippen LogP contribution < -0.4 is 0 Å². The molecule has 25 heavy (non-hydrogen) atoms. The van der Waals surface area contributed by atoms with Crippen LogP contribution in [0.4, 0.5) is 0 Å². The molecule has 1 aliphatic carbocycles. The second kappa shape index (κ2) is 7.10. The molecular weight excluding hydrogens is 334 g/mol. The third-order valence-corrected chi connectivity index (χ3v) is 6.56. The fourth-order valence-corrected chi connectivity index (χ4v) is 5.26. The highest BCUT2D eigenvalue weighted by Crippen LogP contribution is 2.46. The number of amides is 1. The molecule has 5 heteroatoms. The SMILES string of the molecule is O=C(CCS(=O)C1c2ccccc2-c2ccccc21)N1CCOCC1. The van der Waals surface area contributed by atoms with E-state index in [1.54, 1.807) is 0 Å². The lowest BCUT2D eigenvalue weighted by molar-refractivity contribution is -0.134. The van der Waals surface area contributed by atoms with E-state index in [1.807, 2.05) is 29.2 Å². The predicted octanol–water partition coefficient (Wildman–Crippen LogP) is 2.75. The molecule has 0 N–H and O–H groups in total. The van der Waals surface area contributed by atoms with E-state index in [4.69, 9.17) is 4.74 Å². The summed E-state index contributed by atoms with van der Waals surface area (Å²) in [6.07, 6.45) is 0.327. The van der Waals surface area contributed by atoms with E-state index in [0.717, 1.165) is 22.3 Å². The average molecular weight is 355 g/mol. The molecule has 1 saturated heterocycles. The number of carbonyl (C=O) groups excluding carboxylic acids is 1. The molecule has 1 heterocycles. The lowest BCUT2D eigenvalue weighted by Gasteiger charge is -2.27. The zero-order valence-corrected chi connectivity index (χ0v) is 14.8. The number of morpholine rings is 1. The highest BCUT2D eigenvalue weighted by Gasteiger charge is 2.32. The van der Waals surface area contributed by atoms with Crippen LogP contribution in [0, 0.1) is 0 Å². The van der Waals surface area contributed by atoms with E-state index in [2.05, 4.69) is 24.3 Å². The summed E-state index contributed by atoms with van der Waals surface area (Å²) in [5.74, 6) is 0.472. The van der Waals surface area contributed by atoms with Gasteiger partial charge in [0.2, 0.25) is 5.91 Å². The number of hydrogen-bond donors (Lipinski definition) is 0. The third kappa shape index (κ3) is 3.14. The maximum absolute atomic E-state index is 13.1. The van der Waals surface area contributed by atoms with Crippen LogP contribution in [0.25, 0.3) is 11.1 Å². The van der Waals surface area contributed by atoms with Crippen LogP contribution >= 0.6 is 0 Å². The molecule has 2 aromatic rings. The Morgan fingerprint density at radius 1 is 1.00 bits per heavy atom. The first-order chi connectivity index (χ1) is 12.3. The van der Waals surface area contributed by atoms with Gasteiger partial charge < -0.3 is 9.64 Å². The van der Waals surface area contributed by atoms with Crippen molar-refractivity contribution in [3.63, 3.8) is 0 Å². The summed E-state index contributed by atoms with van der Waals surface area (Å²) >= 11 is 0. The van der Waals surface area contributed by atoms with Crippen molar-refractivity contribution < 1.29 is 13.7 Å². The number of rotatable bonds is 4. The van der Waals surface area contributed by atoms with E-state index in [-0.39, 0.29) is 11.2 Å². The van der Waals surface area contributed by atoms with Crippen LogP contribution in [-0.2, 0) is 20.3 Å². The summed E-state index contributed by atoms with van der Waals surface area (Å²) in [5, 5.41) is -0.134. The van der Waals surface area contributed by atoms with Crippen LogP contribution in [0.3, 0.4) is 0 Å². The minimum absolute atomic E-state index is 0.0798. The van der Waals surface area contributed by atoms with Gasteiger partial charge in [0, 0.05) is 36.1 Å². The maximum atomic E-state index is 13.1. The molecule has 1 aliphatic heterocycles. The molecule has 0 spiro atoms. The Balaban J connectivity index is 1.51. The molecule has 2 aromatic carbocycles. The quantitative estimate of drug-likeness (QED) is 0.847. The first-order valence-corrected chi connectivity index (χ1v) is 10.0. The Morgan fingerprint density at radius 2 is 1.56 bits per heavy atom. The van der Waals surface area contributed by atoms with Gasteiger partial charge in [-0.15, -0.1) is 0 Å². The Morgan fingerprint density at radius 3 is 2.16 bits per heavy atom. The van der Waals surface area contributed by atoms with Crippen LogP contribution in [0.1, 0.15) is 22.8 Å². The summed E-state index contributed by atoms with van der Waals surface area (Å²) in [4.78, 5) is 14.2. The Hall–Kier alpha value is -1.98. The van der Waals surface area contributed by atoms with E-state index in [9.17, 15) is 9.00 Å². The minimum Gasteiger partial charge on any atom is -0.378 e. The highest BCUT2D eigenvalue weighted by atomic mass is 32.2. The van der Waals surface area contributed by atoms with Gasteiger partial charge in [0.1, 0.15) is 0 Å². The van der Waals surface area contributed by atoms with Gasteiger partial charge in [0.05, 0.1) is 18.5 Å². The Labute approximate surface area is 150 Å². The maximum Gasteiger partial charge on any atom is 0.223 e. The van der Waals surface area contributed by atoms with Crippen molar-refractivity contribution in [2.24, 2.45) is 0 Å². The van der Waals surface area contributed by atoms with Gasteiger partial charge in [-0.2, -0.15) is 0 Å². The number of benzene rings is 2. The van der Waals surface area contributed by atoms with E-state index in [1.165, 1.54) is 0 Å². The van der Waals surface area contributed by atoms with E-state index < -0.39 is 10.8 Å². The normalized spacial score (nSPS) is 17.8. The molecular formula is C20H21NO3S. The molecule has 0 aromatic heterocycles. The first kappa shape index (κ1) is 16.5. The summed E-state index contributed by atoms with van der Waals surface area (Å²) in [6.45, 7) is 2.47. The molecule has 130 valence electrons. The smallest absolute Gasteiger partial charge is 0.223 e.